The van der Waals surface area contributed by atoms with Crippen molar-refractivity contribution < 1.29 is 9.32 Å². The Bertz CT molecular complexity index is 912. The normalized spacial score (nSPS) is 16.8. The van der Waals surface area contributed by atoms with Crippen molar-refractivity contribution in [1.29, 1.82) is 0 Å². The maximum absolute atomic E-state index is 12.6. The summed E-state index contributed by atoms with van der Waals surface area (Å²) in [4.78, 5) is 14.5. The van der Waals surface area contributed by atoms with Crippen molar-refractivity contribution in [3.63, 3.8) is 0 Å². The molecule has 4 rings (SSSR count). The Balaban J connectivity index is 1.36. The summed E-state index contributed by atoms with van der Waals surface area (Å²) < 4.78 is 7.07. The fourth-order valence-corrected chi connectivity index (χ4v) is 3.63. The summed E-state index contributed by atoms with van der Waals surface area (Å²) in [5.41, 5.74) is 3.83. The highest BCUT2D eigenvalue weighted by molar-refractivity contribution is 5.76. The summed E-state index contributed by atoms with van der Waals surface area (Å²) in [7, 11) is 0. The van der Waals surface area contributed by atoms with E-state index in [2.05, 4.69) is 15.5 Å². The smallest absolute Gasteiger partial charge is 0.222 e. The Morgan fingerprint density at radius 3 is 2.81 bits per heavy atom. The number of aryl methyl sites for hydroxylation is 2. The molecule has 0 N–H and O–H groups in total. The molecule has 1 atom stereocenters. The second-order valence-electron chi connectivity index (χ2n) is 7.03. The molecule has 3 aromatic rings. The summed E-state index contributed by atoms with van der Waals surface area (Å²) in [5.74, 6) is 0.969. The predicted octanol–water partition coefficient (Wildman–Crippen LogP) is 2.96. The molecule has 7 heteroatoms. The number of aromatic nitrogens is 4. The zero-order chi connectivity index (χ0) is 18.8. The molecule has 0 aliphatic carbocycles. The minimum atomic E-state index is 0.167. The molecule has 0 saturated carbocycles. The predicted molar refractivity (Wildman–Crippen MR) is 100.0 cm³/mol. The minimum Gasteiger partial charge on any atom is -0.361 e. The lowest BCUT2D eigenvalue weighted by molar-refractivity contribution is -0.130. The van der Waals surface area contributed by atoms with Crippen molar-refractivity contribution in [2.75, 3.05) is 13.1 Å². The summed E-state index contributed by atoms with van der Waals surface area (Å²) in [6, 6.07) is 10.2. The van der Waals surface area contributed by atoms with Crippen LogP contribution < -0.4 is 0 Å². The monoisotopic (exact) mass is 365 g/mol. The highest BCUT2D eigenvalue weighted by Crippen LogP contribution is 2.24. The Kier molecular flexibility index (Phi) is 4.75. The van der Waals surface area contributed by atoms with E-state index in [1.54, 1.807) is 0 Å². The van der Waals surface area contributed by atoms with E-state index in [1.807, 2.05) is 60.0 Å². The van der Waals surface area contributed by atoms with Crippen molar-refractivity contribution in [1.82, 2.24) is 25.1 Å². The summed E-state index contributed by atoms with van der Waals surface area (Å²) >= 11 is 0. The largest absolute Gasteiger partial charge is 0.361 e. The number of hydrogen-bond acceptors (Lipinski definition) is 5. The molecular formula is C20H23N5O2. The van der Waals surface area contributed by atoms with E-state index < -0.39 is 0 Å². The quantitative estimate of drug-likeness (QED) is 0.695. The molecule has 1 fully saturated rings. The van der Waals surface area contributed by atoms with Crippen LogP contribution in [0.2, 0.25) is 0 Å². The second kappa shape index (κ2) is 7.34. The molecule has 7 nitrogen and oxygen atoms in total. The second-order valence-corrected chi connectivity index (χ2v) is 7.03. The summed E-state index contributed by atoms with van der Waals surface area (Å²) in [5, 5.41) is 12.5. The van der Waals surface area contributed by atoms with Gasteiger partial charge in [0.2, 0.25) is 5.91 Å². The molecule has 1 aliphatic rings. The van der Waals surface area contributed by atoms with Crippen molar-refractivity contribution in [2.45, 2.75) is 39.2 Å². The number of amides is 1. The minimum absolute atomic E-state index is 0.167. The van der Waals surface area contributed by atoms with E-state index >= 15 is 0 Å². The molecule has 1 saturated heterocycles. The Morgan fingerprint density at radius 1 is 1.26 bits per heavy atom. The number of carbonyl (C=O) groups is 1. The van der Waals surface area contributed by atoms with Crippen LogP contribution in [0.3, 0.4) is 0 Å². The molecule has 0 unspecified atom stereocenters. The number of likely N-dealkylation sites (tertiary alicyclic amines) is 1. The SMILES string of the molecule is Cc1noc(C)c1CCC(=O)N1CC[C@H](n2cc(-c3ccccc3)nn2)C1. The number of benzene rings is 1. The fourth-order valence-electron chi connectivity index (χ4n) is 3.63. The molecule has 1 amide bonds. The van der Waals surface area contributed by atoms with Crippen LogP contribution >= 0.6 is 0 Å². The fraction of sp³-hybridized carbons (Fsp3) is 0.400. The highest BCUT2D eigenvalue weighted by Gasteiger charge is 2.28. The number of carbonyl (C=O) groups excluding carboxylic acids is 1. The van der Waals surface area contributed by atoms with Crippen LogP contribution in [0.25, 0.3) is 11.3 Å². The maximum atomic E-state index is 12.6. The van der Waals surface area contributed by atoms with Crippen LogP contribution in [0.15, 0.2) is 41.1 Å². The lowest BCUT2D eigenvalue weighted by Gasteiger charge is -2.16. The number of rotatable bonds is 5. The van der Waals surface area contributed by atoms with E-state index in [4.69, 9.17) is 4.52 Å². The maximum Gasteiger partial charge on any atom is 0.222 e. The van der Waals surface area contributed by atoms with Gasteiger partial charge in [0.1, 0.15) is 11.5 Å². The molecule has 27 heavy (non-hydrogen) atoms. The van der Waals surface area contributed by atoms with E-state index in [1.165, 1.54) is 0 Å². The van der Waals surface area contributed by atoms with Gasteiger partial charge in [0, 0.05) is 30.6 Å². The molecular weight excluding hydrogens is 342 g/mol. The van der Waals surface area contributed by atoms with Gasteiger partial charge in [-0.25, -0.2) is 4.68 Å². The first-order valence-electron chi connectivity index (χ1n) is 9.28. The summed E-state index contributed by atoms with van der Waals surface area (Å²) in [6.45, 7) is 5.24. The lowest BCUT2D eigenvalue weighted by Crippen LogP contribution is -2.29. The third kappa shape index (κ3) is 3.63. The molecule has 3 heterocycles. The number of hydrogen-bond donors (Lipinski definition) is 0. The van der Waals surface area contributed by atoms with Crippen LogP contribution in [-0.4, -0.2) is 44.0 Å². The van der Waals surface area contributed by atoms with Gasteiger partial charge >= 0.3 is 0 Å². The standard InChI is InChI=1S/C20H23N5O2/c1-14-18(15(2)27-22-14)8-9-20(26)24-11-10-17(12-24)25-13-19(21-23-25)16-6-4-3-5-7-16/h3-7,13,17H,8-12H2,1-2H3/t17-/m0/s1. The van der Waals surface area contributed by atoms with Crippen molar-refractivity contribution >= 4 is 5.91 Å². The van der Waals surface area contributed by atoms with Gasteiger partial charge in [-0.2, -0.15) is 0 Å². The van der Waals surface area contributed by atoms with Gasteiger partial charge in [-0.1, -0.05) is 40.7 Å². The first kappa shape index (κ1) is 17.5. The highest BCUT2D eigenvalue weighted by atomic mass is 16.5. The molecule has 1 aromatic carbocycles. The van der Waals surface area contributed by atoms with E-state index in [-0.39, 0.29) is 11.9 Å². The molecule has 2 aromatic heterocycles. The Hall–Kier alpha value is -2.96. The van der Waals surface area contributed by atoms with Crippen LogP contribution in [0.5, 0.6) is 0 Å². The average Bonchev–Trinajstić information content (AvgIpc) is 3.41. The van der Waals surface area contributed by atoms with Gasteiger partial charge in [-0.05, 0) is 26.7 Å². The van der Waals surface area contributed by atoms with Crippen LogP contribution in [0, 0.1) is 13.8 Å². The third-order valence-corrected chi connectivity index (χ3v) is 5.24. The van der Waals surface area contributed by atoms with E-state index in [9.17, 15) is 4.79 Å². The van der Waals surface area contributed by atoms with Crippen molar-refractivity contribution in [3.8, 4) is 11.3 Å². The first-order valence-corrected chi connectivity index (χ1v) is 9.28. The van der Waals surface area contributed by atoms with Gasteiger partial charge in [0.15, 0.2) is 0 Å². The summed E-state index contributed by atoms with van der Waals surface area (Å²) in [6.07, 6.45) is 4.01. The zero-order valence-electron chi connectivity index (χ0n) is 15.6. The van der Waals surface area contributed by atoms with E-state index in [0.29, 0.717) is 19.4 Å². The van der Waals surface area contributed by atoms with E-state index in [0.717, 1.165) is 41.2 Å². The van der Waals surface area contributed by atoms with Gasteiger partial charge in [-0.15, -0.1) is 5.10 Å². The average molecular weight is 365 g/mol. The zero-order valence-corrected chi connectivity index (χ0v) is 15.6. The van der Waals surface area contributed by atoms with Gasteiger partial charge in [0.25, 0.3) is 0 Å². The topological polar surface area (TPSA) is 77.0 Å². The van der Waals surface area contributed by atoms with Gasteiger partial charge in [0.05, 0.1) is 17.9 Å². The van der Waals surface area contributed by atoms with Crippen LogP contribution in [0.4, 0.5) is 0 Å². The van der Waals surface area contributed by atoms with Gasteiger partial charge in [-0.3, -0.25) is 4.79 Å². The molecule has 0 bridgehead atoms. The van der Waals surface area contributed by atoms with Crippen LogP contribution in [-0.2, 0) is 11.2 Å². The molecule has 140 valence electrons. The molecule has 0 radical (unpaired) electrons. The molecule has 1 aliphatic heterocycles. The molecule has 0 spiro atoms. The first-order chi connectivity index (χ1) is 13.1. The Labute approximate surface area is 158 Å². The van der Waals surface area contributed by atoms with Crippen molar-refractivity contribution in [2.24, 2.45) is 0 Å². The van der Waals surface area contributed by atoms with Crippen LogP contribution in [0.1, 0.15) is 35.9 Å². The van der Waals surface area contributed by atoms with Crippen molar-refractivity contribution in [3.05, 3.63) is 53.5 Å². The number of nitrogens with zero attached hydrogens (tertiary/aromatic N) is 5. The Morgan fingerprint density at radius 2 is 2.07 bits per heavy atom. The third-order valence-electron chi connectivity index (χ3n) is 5.24. The lowest BCUT2D eigenvalue weighted by atomic mass is 10.1. The van der Waals surface area contributed by atoms with Gasteiger partial charge < -0.3 is 9.42 Å².